The first-order valence-corrected chi connectivity index (χ1v) is 4.88. The minimum atomic E-state index is -4.99. The van der Waals surface area contributed by atoms with Gasteiger partial charge in [-0.3, -0.25) is 0 Å². The maximum absolute atomic E-state index is 13.2. The lowest BCUT2D eigenvalue weighted by Crippen LogP contribution is -2.31. The molecular formula is C9H8F5NS. The molecule has 0 fully saturated rings. The molecule has 7 heteroatoms. The summed E-state index contributed by atoms with van der Waals surface area (Å²) in [7, 11) is 0. The molecule has 0 bridgehead atoms. The average Bonchev–Trinajstić information content (AvgIpc) is 2.13. The topological polar surface area (TPSA) is 23.9 Å². The van der Waals surface area contributed by atoms with Crippen molar-refractivity contribution in [3.05, 3.63) is 11.4 Å². The molecule has 0 radical (unpaired) electrons. The molecule has 2 atom stereocenters. The number of rotatable bonds is 2. The average molecular weight is 257 g/mol. The van der Waals surface area contributed by atoms with Crippen LogP contribution in [0.2, 0.25) is 0 Å². The van der Waals surface area contributed by atoms with E-state index in [4.69, 9.17) is 5.41 Å². The van der Waals surface area contributed by atoms with Gasteiger partial charge in [0.25, 0.3) is 0 Å². The van der Waals surface area contributed by atoms with E-state index in [0.717, 1.165) is 5.37 Å². The van der Waals surface area contributed by atoms with Crippen molar-refractivity contribution >= 4 is 23.3 Å². The Morgan fingerprint density at radius 3 is 2.38 bits per heavy atom. The summed E-state index contributed by atoms with van der Waals surface area (Å²) in [6.45, 7) is 0. The van der Waals surface area contributed by atoms with Crippen molar-refractivity contribution in [1.82, 2.24) is 0 Å². The molecular weight excluding hydrogens is 249 g/mol. The highest BCUT2D eigenvalue weighted by atomic mass is 32.1. The summed E-state index contributed by atoms with van der Waals surface area (Å²) in [5.41, 5.74) is -1.96. The second-order valence-corrected chi connectivity index (χ2v) is 3.73. The van der Waals surface area contributed by atoms with Crippen molar-refractivity contribution in [2.24, 2.45) is 5.92 Å². The van der Waals surface area contributed by atoms with Gasteiger partial charge in [-0.2, -0.15) is 13.2 Å². The maximum atomic E-state index is 13.2. The Balaban J connectivity index is 2.99. The molecule has 0 aromatic heterocycles. The van der Waals surface area contributed by atoms with Crippen LogP contribution in [0, 0.1) is 11.3 Å². The number of hydrogen-bond acceptors (Lipinski definition) is 2. The molecule has 2 unspecified atom stereocenters. The molecule has 1 aliphatic rings. The van der Waals surface area contributed by atoms with Gasteiger partial charge in [-0.15, -0.1) is 0 Å². The number of allylic oxidation sites excluding steroid dienone is 2. The lowest BCUT2D eigenvalue weighted by Gasteiger charge is -2.27. The molecule has 1 aliphatic carbocycles. The Hall–Kier alpha value is -0.850. The van der Waals surface area contributed by atoms with Gasteiger partial charge in [-0.05, 0) is 6.42 Å². The van der Waals surface area contributed by atoms with Crippen LogP contribution in [-0.4, -0.2) is 23.4 Å². The van der Waals surface area contributed by atoms with Gasteiger partial charge in [-0.1, -0.05) is 12.2 Å². The highest BCUT2D eigenvalue weighted by Crippen LogP contribution is 2.41. The third kappa shape index (κ3) is 2.63. The van der Waals surface area contributed by atoms with Crippen molar-refractivity contribution in [1.29, 1.82) is 5.41 Å². The van der Waals surface area contributed by atoms with Crippen molar-refractivity contribution in [3.8, 4) is 0 Å². The van der Waals surface area contributed by atoms with Crippen molar-refractivity contribution in [2.75, 3.05) is 0 Å². The number of hydrogen-bond donors (Lipinski definition) is 1. The van der Waals surface area contributed by atoms with Gasteiger partial charge in [0, 0.05) is 23.4 Å². The minimum absolute atomic E-state index is 0.214. The van der Waals surface area contributed by atoms with Crippen LogP contribution in [0.5, 0.6) is 0 Å². The summed E-state index contributed by atoms with van der Waals surface area (Å²) in [6.07, 6.45) is -8.57. The molecule has 0 spiro atoms. The van der Waals surface area contributed by atoms with Gasteiger partial charge in [0.2, 0.25) is 0 Å². The highest BCUT2D eigenvalue weighted by molar-refractivity contribution is 7.80. The van der Waals surface area contributed by atoms with Crippen molar-refractivity contribution in [2.45, 2.75) is 25.2 Å². The summed E-state index contributed by atoms with van der Waals surface area (Å²) in [5, 5.41) is 8.16. The van der Waals surface area contributed by atoms with Crippen LogP contribution >= 0.6 is 12.2 Å². The van der Waals surface area contributed by atoms with Crippen molar-refractivity contribution < 1.29 is 22.0 Å². The highest BCUT2D eigenvalue weighted by Gasteiger charge is 2.46. The Kier molecular flexibility index (Phi) is 3.77. The Morgan fingerprint density at radius 2 is 2.00 bits per heavy atom. The first kappa shape index (κ1) is 13.2. The number of halogens is 5. The lowest BCUT2D eigenvalue weighted by molar-refractivity contribution is -0.105. The summed E-state index contributed by atoms with van der Waals surface area (Å²) < 4.78 is 63.0. The zero-order chi connectivity index (χ0) is 12.5. The van der Waals surface area contributed by atoms with Crippen LogP contribution in [0.1, 0.15) is 12.8 Å². The molecule has 0 saturated heterocycles. The number of thiocarbonyl (C=S) groups is 1. The molecule has 0 amide bonds. The summed E-state index contributed by atoms with van der Waals surface area (Å²) in [5.74, 6) is -2.43. The molecule has 90 valence electrons. The zero-order valence-electron chi connectivity index (χ0n) is 7.94. The van der Waals surface area contributed by atoms with E-state index >= 15 is 0 Å². The molecule has 0 aromatic rings. The summed E-state index contributed by atoms with van der Waals surface area (Å²) in [6, 6.07) is 0. The Morgan fingerprint density at radius 1 is 1.44 bits per heavy atom. The second-order valence-electron chi connectivity index (χ2n) is 3.49. The second kappa shape index (κ2) is 4.57. The molecule has 0 heterocycles. The third-order valence-electron chi connectivity index (χ3n) is 2.39. The standard InChI is InChI=1S/C9H8F5NS/c10-5-1-4(7(15)3-16)2-6(11)8(5)9(12,13)14/h3-5,15H,1-2H2. The number of nitrogens with one attached hydrogen (secondary N) is 1. The van der Waals surface area contributed by atoms with Gasteiger partial charge in [0.15, 0.2) is 0 Å². The fourth-order valence-corrected chi connectivity index (χ4v) is 1.80. The molecule has 0 aromatic carbocycles. The normalized spacial score (nSPS) is 26.8. The maximum Gasteiger partial charge on any atom is 0.417 e. The first-order chi connectivity index (χ1) is 7.27. The zero-order valence-corrected chi connectivity index (χ0v) is 8.76. The molecule has 1 nitrogen and oxygen atoms in total. The van der Waals surface area contributed by atoms with E-state index in [9.17, 15) is 22.0 Å². The van der Waals surface area contributed by atoms with Crippen LogP contribution in [-0.2, 0) is 0 Å². The van der Waals surface area contributed by atoms with Crippen LogP contribution in [0.15, 0.2) is 11.4 Å². The van der Waals surface area contributed by atoms with Gasteiger partial charge in [0.05, 0.1) is 5.57 Å². The molecule has 16 heavy (non-hydrogen) atoms. The van der Waals surface area contributed by atoms with Crippen molar-refractivity contribution in [3.63, 3.8) is 0 Å². The van der Waals surface area contributed by atoms with Crippen LogP contribution in [0.25, 0.3) is 0 Å². The van der Waals surface area contributed by atoms with Gasteiger partial charge < -0.3 is 5.41 Å². The predicted octanol–water partition coefficient (Wildman–Crippen LogP) is 3.54. The van der Waals surface area contributed by atoms with E-state index in [0.29, 0.717) is 0 Å². The predicted molar refractivity (Wildman–Crippen MR) is 53.2 cm³/mol. The van der Waals surface area contributed by atoms with E-state index in [1.165, 1.54) is 0 Å². The van der Waals surface area contributed by atoms with Gasteiger partial charge >= 0.3 is 6.18 Å². The van der Waals surface area contributed by atoms with E-state index in [1.54, 1.807) is 0 Å². The monoisotopic (exact) mass is 257 g/mol. The SMILES string of the molecule is N=C(C=S)C1CC(F)=C(C(F)(F)F)C(F)C1. The van der Waals surface area contributed by atoms with Crippen LogP contribution in [0.4, 0.5) is 22.0 Å². The largest absolute Gasteiger partial charge is 0.417 e. The number of alkyl halides is 4. The van der Waals surface area contributed by atoms with Crippen LogP contribution < -0.4 is 0 Å². The molecule has 0 aliphatic heterocycles. The fraction of sp³-hybridized carbons (Fsp3) is 0.556. The molecule has 0 saturated carbocycles. The Labute approximate surface area is 93.8 Å². The minimum Gasteiger partial charge on any atom is -0.304 e. The lowest BCUT2D eigenvalue weighted by atomic mass is 9.84. The van der Waals surface area contributed by atoms with Crippen LogP contribution in [0.3, 0.4) is 0 Å². The summed E-state index contributed by atoms with van der Waals surface area (Å²) >= 11 is 4.40. The molecule has 1 N–H and O–H groups in total. The van der Waals surface area contributed by atoms with E-state index in [1.807, 2.05) is 0 Å². The smallest absolute Gasteiger partial charge is 0.304 e. The quantitative estimate of drug-likeness (QED) is 0.456. The van der Waals surface area contributed by atoms with E-state index in [2.05, 4.69) is 12.2 Å². The van der Waals surface area contributed by atoms with Gasteiger partial charge in [0.1, 0.15) is 12.0 Å². The fourth-order valence-electron chi connectivity index (χ4n) is 1.61. The summed E-state index contributed by atoms with van der Waals surface area (Å²) in [4.78, 5) is 0. The van der Waals surface area contributed by atoms with Gasteiger partial charge in [-0.25, -0.2) is 8.78 Å². The first-order valence-electron chi connectivity index (χ1n) is 4.40. The third-order valence-corrected chi connectivity index (χ3v) is 2.65. The van der Waals surface area contributed by atoms with E-state index < -0.39 is 42.5 Å². The Bertz CT molecular complexity index is 346. The van der Waals surface area contributed by atoms with E-state index in [-0.39, 0.29) is 5.71 Å². The molecule has 1 rings (SSSR count).